The van der Waals surface area contributed by atoms with E-state index in [1.165, 1.54) is 0 Å². The standard InChI is InChI=1S/C9H13NO/c1-2-6-10-7-4-3-5-9(10)8-11/h3-5,7-9H,2,6H2,1H3. The summed E-state index contributed by atoms with van der Waals surface area (Å²) in [6.45, 7) is 3.05. The third-order valence-electron chi connectivity index (χ3n) is 1.70. The van der Waals surface area contributed by atoms with E-state index < -0.39 is 0 Å². The fourth-order valence-electron chi connectivity index (χ4n) is 1.15. The van der Waals surface area contributed by atoms with E-state index in [1.807, 2.05) is 29.3 Å². The van der Waals surface area contributed by atoms with E-state index in [-0.39, 0.29) is 6.04 Å². The maximum absolute atomic E-state index is 10.5. The number of carbonyl (C=O) groups excluding carboxylic acids is 1. The summed E-state index contributed by atoms with van der Waals surface area (Å²) < 4.78 is 0. The molecule has 1 rings (SSSR count). The lowest BCUT2D eigenvalue weighted by Crippen LogP contribution is -2.32. The molecule has 1 atom stereocenters. The largest absolute Gasteiger partial charge is 0.364 e. The van der Waals surface area contributed by atoms with Gasteiger partial charge in [-0.25, -0.2) is 0 Å². The number of aldehydes is 1. The summed E-state index contributed by atoms with van der Waals surface area (Å²) in [5, 5.41) is 0. The van der Waals surface area contributed by atoms with E-state index >= 15 is 0 Å². The van der Waals surface area contributed by atoms with Crippen molar-refractivity contribution in [3.8, 4) is 0 Å². The fourth-order valence-corrected chi connectivity index (χ4v) is 1.15. The average Bonchev–Trinajstić information content (AvgIpc) is 2.06. The van der Waals surface area contributed by atoms with Crippen LogP contribution in [0, 0.1) is 0 Å². The predicted octanol–water partition coefficient (Wildman–Crippen LogP) is 1.35. The van der Waals surface area contributed by atoms with Crippen LogP contribution in [0.5, 0.6) is 0 Å². The topological polar surface area (TPSA) is 20.3 Å². The molecule has 0 aromatic carbocycles. The van der Waals surface area contributed by atoms with Crippen LogP contribution in [0.25, 0.3) is 0 Å². The van der Waals surface area contributed by atoms with Crippen molar-refractivity contribution in [3.63, 3.8) is 0 Å². The Balaban J connectivity index is 2.55. The molecule has 0 radical (unpaired) electrons. The van der Waals surface area contributed by atoms with E-state index in [9.17, 15) is 4.79 Å². The Morgan fingerprint density at radius 3 is 3.00 bits per heavy atom. The van der Waals surface area contributed by atoms with Crippen molar-refractivity contribution in [2.75, 3.05) is 6.54 Å². The third kappa shape index (κ3) is 1.93. The Kier molecular flexibility index (Phi) is 2.90. The zero-order valence-electron chi connectivity index (χ0n) is 6.73. The minimum absolute atomic E-state index is 0.0417. The van der Waals surface area contributed by atoms with Crippen LogP contribution in [0.1, 0.15) is 13.3 Å². The summed E-state index contributed by atoms with van der Waals surface area (Å²) in [4.78, 5) is 12.6. The van der Waals surface area contributed by atoms with Crippen LogP contribution >= 0.6 is 0 Å². The molecule has 0 bridgehead atoms. The fraction of sp³-hybridized carbons (Fsp3) is 0.444. The van der Waals surface area contributed by atoms with Gasteiger partial charge in [-0.05, 0) is 12.5 Å². The first-order valence-electron chi connectivity index (χ1n) is 3.94. The highest BCUT2D eigenvalue weighted by Gasteiger charge is 2.10. The molecule has 1 aliphatic rings. The first-order chi connectivity index (χ1) is 5.38. The quantitative estimate of drug-likeness (QED) is 0.567. The highest BCUT2D eigenvalue weighted by Crippen LogP contribution is 2.06. The second-order valence-electron chi connectivity index (χ2n) is 2.59. The Hall–Kier alpha value is -1.05. The number of nitrogens with zero attached hydrogens (tertiary/aromatic N) is 1. The molecule has 0 saturated heterocycles. The maximum atomic E-state index is 10.5. The molecule has 2 heteroatoms. The Morgan fingerprint density at radius 2 is 2.36 bits per heavy atom. The zero-order chi connectivity index (χ0) is 8.10. The molecular weight excluding hydrogens is 138 g/mol. The van der Waals surface area contributed by atoms with Crippen LogP contribution in [0.4, 0.5) is 0 Å². The SMILES string of the molecule is CCCN1C=CC=CC1C=O. The summed E-state index contributed by atoms with van der Waals surface area (Å²) in [7, 11) is 0. The van der Waals surface area contributed by atoms with Gasteiger partial charge < -0.3 is 9.69 Å². The van der Waals surface area contributed by atoms with E-state index in [0.717, 1.165) is 19.3 Å². The molecule has 0 spiro atoms. The molecule has 1 heterocycles. The number of hydrogen-bond donors (Lipinski definition) is 0. The predicted molar refractivity (Wildman–Crippen MR) is 45.1 cm³/mol. The van der Waals surface area contributed by atoms with Gasteiger partial charge in [0.15, 0.2) is 0 Å². The number of carbonyl (C=O) groups is 1. The van der Waals surface area contributed by atoms with E-state index in [2.05, 4.69) is 6.92 Å². The Labute approximate surface area is 67.2 Å². The highest BCUT2D eigenvalue weighted by molar-refractivity contribution is 5.62. The first kappa shape index (κ1) is 8.05. The maximum Gasteiger partial charge on any atom is 0.146 e. The van der Waals surface area contributed by atoms with Gasteiger partial charge in [0.2, 0.25) is 0 Å². The molecule has 0 aliphatic carbocycles. The van der Waals surface area contributed by atoms with E-state index in [0.29, 0.717) is 0 Å². The molecule has 0 aromatic heterocycles. The summed E-state index contributed by atoms with van der Waals surface area (Å²) in [5.41, 5.74) is 0. The third-order valence-corrected chi connectivity index (χ3v) is 1.70. The molecule has 2 nitrogen and oxygen atoms in total. The average molecular weight is 151 g/mol. The van der Waals surface area contributed by atoms with Crippen LogP contribution in [0.15, 0.2) is 24.4 Å². The van der Waals surface area contributed by atoms with Gasteiger partial charge in [0.1, 0.15) is 12.3 Å². The van der Waals surface area contributed by atoms with Gasteiger partial charge in [0.25, 0.3) is 0 Å². The Morgan fingerprint density at radius 1 is 1.55 bits per heavy atom. The second kappa shape index (κ2) is 3.96. The number of hydrogen-bond acceptors (Lipinski definition) is 2. The lowest BCUT2D eigenvalue weighted by Gasteiger charge is -2.25. The molecule has 60 valence electrons. The molecule has 0 amide bonds. The molecule has 1 unspecified atom stereocenters. The van der Waals surface area contributed by atoms with E-state index in [1.54, 1.807) is 0 Å². The monoisotopic (exact) mass is 151 g/mol. The minimum atomic E-state index is -0.0417. The molecule has 0 saturated carbocycles. The summed E-state index contributed by atoms with van der Waals surface area (Å²) >= 11 is 0. The van der Waals surface area contributed by atoms with Crippen LogP contribution in [0.3, 0.4) is 0 Å². The van der Waals surface area contributed by atoms with Crippen molar-refractivity contribution in [2.24, 2.45) is 0 Å². The van der Waals surface area contributed by atoms with Crippen LogP contribution in [0.2, 0.25) is 0 Å². The zero-order valence-corrected chi connectivity index (χ0v) is 6.73. The lowest BCUT2D eigenvalue weighted by atomic mass is 10.2. The molecule has 0 fully saturated rings. The van der Waals surface area contributed by atoms with Gasteiger partial charge in [-0.3, -0.25) is 0 Å². The normalized spacial score (nSPS) is 22.3. The van der Waals surface area contributed by atoms with Gasteiger partial charge in [-0.15, -0.1) is 0 Å². The van der Waals surface area contributed by atoms with Crippen LogP contribution in [-0.2, 0) is 4.79 Å². The number of rotatable bonds is 3. The first-order valence-corrected chi connectivity index (χ1v) is 3.94. The molecule has 1 aliphatic heterocycles. The molecular formula is C9H13NO. The van der Waals surface area contributed by atoms with Crippen molar-refractivity contribution in [1.29, 1.82) is 0 Å². The van der Waals surface area contributed by atoms with Gasteiger partial charge in [-0.2, -0.15) is 0 Å². The minimum Gasteiger partial charge on any atom is -0.364 e. The summed E-state index contributed by atoms with van der Waals surface area (Å²) in [5.74, 6) is 0. The second-order valence-corrected chi connectivity index (χ2v) is 2.59. The molecule has 0 N–H and O–H groups in total. The van der Waals surface area contributed by atoms with Gasteiger partial charge in [-0.1, -0.05) is 19.1 Å². The van der Waals surface area contributed by atoms with Crippen molar-refractivity contribution >= 4 is 6.29 Å². The highest BCUT2D eigenvalue weighted by atomic mass is 16.1. The van der Waals surface area contributed by atoms with Gasteiger partial charge in [0, 0.05) is 12.7 Å². The van der Waals surface area contributed by atoms with Crippen molar-refractivity contribution in [1.82, 2.24) is 4.90 Å². The lowest BCUT2D eigenvalue weighted by molar-refractivity contribution is -0.110. The summed E-state index contributed by atoms with van der Waals surface area (Å²) in [6.07, 6.45) is 9.77. The molecule has 0 aromatic rings. The van der Waals surface area contributed by atoms with E-state index in [4.69, 9.17) is 0 Å². The van der Waals surface area contributed by atoms with Gasteiger partial charge in [0.05, 0.1) is 0 Å². The van der Waals surface area contributed by atoms with Gasteiger partial charge >= 0.3 is 0 Å². The van der Waals surface area contributed by atoms with Crippen molar-refractivity contribution in [3.05, 3.63) is 24.4 Å². The summed E-state index contributed by atoms with van der Waals surface area (Å²) in [6, 6.07) is -0.0417. The van der Waals surface area contributed by atoms with Crippen molar-refractivity contribution < 1.29 is 4.79 Å². The Bertz CT molecular complexity index is 184. The van der Waals surface area contributed by atoms with Crippen LogP contribution in [-0.4, -0.2) is 23.8 Å². The number of allylic oxidation sites excluding steroid dienone is 2. The van der Waals surface area contributed by atoms with Crippen molar-refractivity contribution in [2.45, 2.75) is 19.4 Å². The smallest absolute Gasteiger partial charge is 0.146 e. The molecule has 11 heavy (non-hydrogen) atoms. The van der Waals surface area contributed by atoms with Crippen LogP contribution < -0.4 is 0 Å².